The highest BCUT2D eigenvalue weighted by Crippen LogP contribution is 2.22. The van der Waals surface area contributed by atoms with E-state index < -0.39 is 0 Å². The SMILES string of the molecule is CN(Cc1ccccc1Cl)C(=O)Cc1ccc(N2CCCC2=O)cc1. The van der Waals surface area contributed by atoms with E-state index in [1.165, 1.54) is 0 Å². The van der Waals surface area contributed by atoms with Crippen LogP contribution in [0.15, 0.2) is 48.5 Å². The number of rotatable bonds is 5. The van der Waals surface area contributed by atoms with E-state index in [0.717, 1.165) is 29.8 Å². The smallest absolute Gasteiger partial charge is 0.227 e. The van der Waals surface area contributed by atoms with Crippen LogP contribution >= 0.6 is 11.6 Å². The second kappa shape index (κ2) is 7.70. The summed E-state index contributed by atoms with van der Waals surface area (Å²) in [6.07, 6.45) is 1.86. The quantitative estimate of drug-likeness (QED) is 0.820. The van der Waals surface area contributed by atoms with Crippen LogP contribution in [-0.4, -0.2) is 30.3 Å². The molecular weight excluding hydrogens is 336 g/mol. The third-order valence-corrected chi connectivity index (χ3v) is 4.84. The predicted molar refractivity (Wildman–Crippen MR) is 99.7 cm³/mol. The second-order valence-corrected chi connectivity index (χ2v) is 6.74. The maximum atomic E-state index is 12.4. The Morgan fingerprint density at radius 3 is 2.52 bits per heavy atom. The van der Waals surface area contributed by atoms with E-state index in [2.05, 4.69) is 0 Å². The van der Waals surface area contributed by atoms with Crippen LogP contribution in [0, 0.1) is 0 Å². The second-order valence-electron chi connectivity index (χ2n) is 6.33. The summed E-state index contributed by atoms with van der Waals surface area (Å²) in [6, 6.07) is 15.2. The van der Waals surface area contributed by atoms with Crippen LogP contribution in [0.2, 0.25) is 5.02 Å². The van der Waals surface area contributed by atoms with Crippen molar-refractivity contribution in [3.63, 3.8) is 0 Å². The molecule has 130 valence electrons. The summed E-state index contributed by atoms with van der Waals surface area (Å²) in [6.45, 7) is 1.26. The minimum Gasteiger partial charge on any atom is -0.341 e. The number of hydrogen-bond acceptors (Lipinski definition) is 2. The van der Waals surface area contributed by atoms with Crippen molar-refractivity contribution in [3.05, 3.63) is 64.7 Å². The standard InChI is InChI=1S/C20H21ClN2O2/c1-22(14-16-5-2-3-6-18(16)21)20(25)13-15-8-10-17(11-9-15)23-12-4-7-19(23)24/h2-3,5-6,8-11H,4,7,12-14H2,1H3. The van der Waals surface area contributed by atoms with Gasteiger partial charge in [0.2, 0.25) is 11.8 Å². The van der Waals surface area contributed by atoms with Crippen LogP contribution in [0.5, 0.6) is 0 Å². The molecule has 0 bridgehead atoms. The van der Waals surface area contributed by atoms with Crippen molar-refractivity contribution in [1.29, 1.82) is 0 Å². The summed E-state index contributed by atoms with van der Waals surface area (Å²) in [5.74, 6) is 0.202. The summed E-state index contributed by atoms with van der Waals surface area (Å²) in [5, 5.41) is 0.668. The summed E-state index contributed by atoms with van der Waals surface area (Å²) in [7, 11) is 1.78. The van der Waals surface area contributed by atoms with Crippen molar-refractivity contribution in [1.82, 2.24) is 4.90 Å². The van der Waals surface area contributed by atoms with E-state index >= 15 is 0 Å². The van der Waals surface area contributed by atoms with Crippen LogP contribution in [0.1, 0.15) is 24.0 Å². The van der Waals surface area contributed by atoms with Crippen molar-refractivity contribution in [3.8, 4) is 0 Å². The molecular formula is C20H21ClN2O2. The highest BCUT2D eigenvalue weighted by Gasteiger charge is 2.21. The lowest BCUT2D eigenvalue weighted by Gasteiger charge is -2.19. The molecule has 0 aliphatic carbocycles. The van der Waals surface area contributed by atoms with Gasteiger partial charge in [-0.25, -0.2) is 0 Å². The molecule has 0 unspecified atom stereocenters. The third-order valence-electron chi connectivity index (χ3n) is 4.47. The third kappa shape index (κ3) is 4.20. The zero-order valence-corrected chi connectivity index (χ0v) is 15.0. The van der Waals surface area contributed by atoms with Crippen molar-refractivity contribution in [2.45, 2.75) is 25.8 Å². The Balaban J connectivity index is 1.60. The molecule has 0 N–H and O–H groups in total. The molecule has 4 nitrogen and oxygen atoms in total. The Morgan fingerprint density at radius 2 is 1.88 bits per heavy atom. The molecule has 0 atom stereocenters. The van der Waals surface area contributed by atoms with Gasteiger partial charge in [0.15, 0.2) is 0 Å². The fraction of sp³-hybridized carbons (Fsp3) is 0.300. The minimum absolute atomic E-state index is 0.0323. The lowest BCUT2D eigenvalue weighted by atomic mass is 10.1. The number of carbonyl (C=O) groups excluding carboxylic acids is 2. The molecule has 1 aliphatic rings. The molecule has 1 fully saturated rings. The topological polar surface area (TPSA) is 40.6 Å². The maximum Gasteiger partial charge on any atom is 0.227 e. The molecule has 2 aromatic rings. The number of benzene rings is 2. The summed E-state index contributed by atoms with van der Waals surface area (Å²) >= 11 is 6.15. The van der Waals surface area contributed by atoms with Gasteiger partial charge in [-0.05, 0) is 35.7 Å². The minimum atomic E-state index is 0.0323. The number of amides is 2. The lowest BCUT2D eigenvalue weighted by molar-refractivity contribution is -0.129. The molecule has 2 amide bonds. The Hall–Kier alpha value is -2.33. The normalized spacial score (nSPS) is 14.0. The highest BCUT2D eigenvalue weighted by atomic mass is 35.5. The zero-order valence-electron chi connectivity index (χ0n) is 14.2. The Kier molecular flexibility index (Phi) is 5.39. The van der Waals surface area contributed by atoms with Gasteiger partial charge in [-0.2, -0.15) is 0 Å². The first-order valence-corrected chi connectivity index (χ1v) is 8.79. The zero-order chi connectivity index (χ0) is 17.8. The van der Waals surface area contributed by atoms with Crippen LogP contribution in [0.4, 0.5) is 5.69 Å². The fourth-order valence-electron chi connectivity index (χ4n) is 2.99. The van der Waals surface area contributed by atoms with Gasteiger partial charge in [-0.3, -0.25) is 9.59 Å². The van der Waals surface area contributed by atoms with E-state index in [1.807, 2.05) is 48.5 Å². The van der Waals surface area contributed by atoms with Gasteiger partial charge < -0.3 is 9.80 Å². The number of likely N-dealkylation sites (N-methyl/N-ethyl adjacent to an activating group) is 1. The number of nitrogens with zero attached hydrogens (tertiary/aromatic N) is 2. The molecule has 2 aromatic carbocycles. The maximum absolute atomic E-state index is 12.4. The number of halogens is 1. The molecule has 1 heterocycles. The largest absolute Gasteiger partial charge is 0.341 e. The Labute approximate surface area is 153 Å². The monoisotopic (exact) mass is 356 g/mol. The molecule has 1 saturated heterocycles. The van der Waals surface area contributed by atoms with Crippen LogP contribution < -0.4 is 4.90 Å². The van der Waals surface area contributed by atoms with E-state index in [4.69, 9.17) is 11.6 Å². The first-order valence-electron chi connectivity index (χ1n) is 8.41. The average molecular weight is 357 g/mol. The van der Waals surface area contributed by atoms with Gasteiger partial charge in [0.05, 0.1) is 6.42 Å². The highest BCUT2D eigenvalue weighted by molar-refractivity contribution is 6.31. The van der Waals surface area contributed by atoms with Crippen molar-refractivity contribution < 1.29 is 9.59 Å². The lowest BCUT2D eigenvalue weighted by Crippen LogP contribution is -2.28. The average Bonchev–Trinajstić information content (AvgIpc) is 3.03. The molecule has 1 aliphatic heterocycles. The van der Waals surface area contributed by atoms with Crippen LogP contribution in [0.3, 0.4) is 0 Å². The van der Waals surface area contributed by atoms with Crippen molar-refractivity contribution in [2.24, 2.45) is 0 Å². The number of hydrogen-bond donors (Lipinski definition) is 0. The first kappa shape index (κ1) is 17.5. The molecule has 0 saturated carbocycles. The molecule has 5 heteroatoms. The summed E-state index contributed by atoms with van der Waals surface area (Å²) < 4.78 is 0. The molecule has 3 rings (SSSR count). The first-order chi connectivity index (χ1) is 12.0. The van der Waals surface area contributed by atoms with Crippen molar-refractivity contribution >= 4 is 29.1 Å². The van der Waals surface area contributed by atoms with E-state index in [1.54, 1.807) is 16.8 Å². The molecule has 0 spiro atoms. The van der Waals surface area contributed by atoms with Gasteiger partial charge >= 0.3 is 0 Å². The van der Waals surface area contributed by atoms with Crippen LogP contribution in [0.25, 0.3) is 0 Å². The molecule has 25 heavy (non-hydrogen) atoms. The van der Waals surface area contributed by atoms with Gasteiger partial charge in [-0.1, -0.05) is 41.9 Å². The number of carbonyl (C=O) groups is 2. The van der Waals surface area contributed by atoms with E-state index in [0.29, 0.717) is 24.4 Å². The predicted octanol–water partition coefficient (Wildman–Crippen LogP) is 3.67. The number of anilines is 1. The van der Waals surface area contributed by atoms with Gasteiger partial charge in [0.1, 0.15) is 0 Å². The van der Waals surface area contributed by atoms with E-state index in [-0.39, 0.29) is 11.8 Å². The van der Waals surface area contributed by atoms with Gasteiger partial charge in [0.25, 0.3) is 0 Å². The van der Waals surface area contributed by atoms with Gasteiger partial charge in [0, 0.05) is 37.3 Å². The summed E-state index contributed by atoms with van der Waals surface area (Å²) in [5.41, 5.74) is 2.78. The molecule has 0 aromatic heterocycles. The van der Waals surface area contributed by atoms with Crippen molar-refractivity contribution in [2.75, 3.05) is 18.5 Å². The van der Waals surface area contributed by atoms with E-state index in [9.17, 15) is 9.59 Å². The molecule has 0 radical (unpaired) electrons. The summed E-state index contributed by atoms with van der Waals surface area (Å²) in [4.78, 5) is 27.7. The van der Waals surface area contributed by atoms with Gasteiger partial charge in [-0.15, -0.1) is 0 Å². The fourth-order valence-corrected chi connectivity index (χ4v) is 3.19. The Morgan fingerprint density at radius 1 is 1.16 bits per heavy atom. The van der Waals surface area contributed by atoms with Crippen LogP contribution in [-0.2, 0) is 22.6 Å². The Bertz CT molecular complexity index is 774.